The second-order valence-electron chi connectivity index (χ2n) is 5.52. The topological polar surface area (TPSA) is 24.9 Å². The lowest BCUT2D eigenvalue weighted by atomic mass is 9.96. The van der Waals surface area contributed by atoms with Crippen molar-refractivity contribution in [3.05, 3.63) is 16.1 Å². The van der Waals surface area contributed by atoms with Crippen LogP contribution in [0, 0.1) is 12.8 Å². The van der Waals surface area contributed by atoms with E-state index in [0.717, 1.165) is 11.6 Å². The first kappa shape index (κ1) is 12.1. The molecule has 1 aromatic rings. The van der Waals surface area contributed by atoms with Gasteiger partial charge in [0.2, 0.25) is 0 Å². The first-order valence-corrected chi connectivity index (χ1v) is 7.10. The Morgan fingerprint density at radius 1 is 1.56 bits per heavy atom. The molecule has 16 heavy (non-hydrogen) atoms. The van der Waals surface area contributed by atoms with Crippen molar-refractivity contribution in [2.45, 2.75) is 58.5 Å². The van der Waals surface area contributed by atoms with Crippen LogP contribution in [0.5, 0.6) is 0 Å². The molecule has 0 spiro atoms. The van der Waals surface area contributed by atoms with Crippen molar-refractivity contribution >= 4 is 11.3 Å². The molecule has 3 heteroatoms. The third-order valence-electron chi connectivity index (χ3n) is 3.35. The van der Waals surface area contributed by atoms with Crippen molar-refractivity contribution in [1.29, 1.82) is 0 Å². The van der Waals surface area contributed by atoms with Crippen LogP contribution in [0.3, 0.4) is 0 Å². The Kier molecular flexibility index (Phi) is 3.36. The van der Waals surface area contributed by atoms with Crippen LogP contribution in [0.2, 0.25) is 0 Å². The van der Waals surface area contributed by atoms with Crippen LogP contribution in [-0.4, -0.2) is 11.0 Å². The Bertz CT molecular complexity index is 359. The van der Waals surface area contributed by atoms with E-state index in [1.54, 1.807) is 0 Å². The van der Waals surface area contributed by atoms with Crippen LogP contribution < -0.4 is 5.32 Å². The van der Waals surface area contributed by atoms with E-state index >= 15 is 0 Å². The number of hydrogen-bond donors (Lipinski definition) is 1. The van der Waals surface area contributed by atoms with Gasteiger partial charge in [0.1, 0.15) is 5.01 Å². The molecular formula is C13H22N2S. The van der Waals surface area contributed by atoms with Gasteiger partial charge in [0.15, 0.2) is 0 Å². The summed E-state index contributed by atoms with van der Waals surface area (Å²) in [4.78, 5) is 4.71. The van der Waals surface area contributed by atoms with Crippen molar-refractivity contribution in [2.75, 3.05) is 0 Å². The molecule has 0 saturated heterocycles. The van der Waals surface area contributed by atoms with Crippen molar-refractivity contribution in [3.63, 3.8) is 0 Å². The summed E-state index contributed by atoms with van der Waals surface area (Å²) in [7, 11) is 0. The van der Waals surface area contributed by atoms with Gasteiger partial charge in [-0.05, 0) is 46.0 Å². The lowest BCUT2D eigenvalue weighted by molar-refractivity contribution is 0.302. The van der Waals surface area contributed by atoms with E-state index in [2.05, 4.69) is 38.4 Å². The maximum Gasteiger partial charge on any atom is 0.113 e. The summed E-state index contributed by atoms with van der Waals surface area (Å²) in [6, 6.07) is 0.523. The number of rotatable bonds is 3. The second kappa shape index (κ2) is 4.46. The largest absolute Gasteiger partial charge is 0.303 e. The molecule has 1 aliphatic carbocycles. The number of thiazole rings is 1. The minimum absolute atomic E-state index is 0.159. The molecule has 1 N–H and O–H groups in total. The van der Waals surface area contributed by atoms with Crippen LogP contribution in [-0.2, 0) is 5.54 Å². The van der Waals surface area contributed by atoms with E-state index in [4.69, 9.17) is 4.98 Å². The van der Waals surface area contributed by atoms with Crippen molar-refractivity contribution in [2.24, 2.45) is 5.92 Å². The van der Waals surface area contributed by atoms with Crippen LogP contribution in [0.1, 0.15) is 50.7 Å². The lowest BCUT2D eigenvalue weighted by Gasteiger charge is -2.31. The minimum atomic E-state index is 0.159. The lowest BCUT2D eigenvalue weighted by Crippen LogP contribution is -2.44. The highest BCUT2D eigenvalue weighted by molar-refractivity contribution is 7.09. The van der Waals surface area contributed by atoms with Gasteiger partial charge in [-0.15, -0.1) is 11.3 Å². The third kappa shape index (κ3) is 2.30. The monoisotopic (exact) mass is 238 g/mol. The molecule has 0 radical (unpaired) electrons. The van der Waals surface area contributed by atoms with Crippen molar-refractivity contribution in [1.82, 2.24) is 10.3 Å². The molecule has 90 valence electrons. The minimum Gasteiger partial charge on any atom is -0.303 e. The Morgan fingerprint density at radius 3 is 2.75 bits per heavy atom. The molecule has 0 bridgehead atoms. The third-order valence-corrected chi connectivity index (χ3v) is 4.52. The maximum atomic E-state index is 4.71. The van der Waals surface area contributed by atoms with E-state index in [-0.39, 0.29) is 5.54 Å². The molecule has 2 rings (SSSR count). The summed E-state index contributed by atoms with van der Waals surface area (Å²) >= 11 is 1.82. The Balaban J connectivity index is 2.27. The molecular weight excluding hydrogens is 216 g/mol. The normalized spacial score (nSPS) is 30.2. The summed E-state index contributed by atoms with van der Waals surface area (Å²) in [6.45, 7) is 8.89. The highest BCUT2D eigenvalue weighted by Crippen LogP contribution is 2.43. The van der Waals surface area contributed by atoms with Gasteiger partial charge >= 0.3 is 0 Å². The van der Waals surface area contributed by atoms with Crippen LogP contribution >= 0.6 is 11.3 Å². The maximum absolute atomic E-state index is 4.71. The molecule has 1 aromatic heterocycles. The van der Waals surface area contributed by atoms with Gasteiger partial charge in [0.25, 0.3) is 0 Å². The van der Waals surface area contributed by atoms with E-state index in [1.807, 2.05) is 11.3 Å². The second-order valence-corrected chi connectivity index (χ2v) is 6.38. The Morgan fingerprint density at radius 2 is 2.31 bits per heavy atom. The molecule has 2 atom stereocenters. The highest BCUT2D eigenvalue weighted by atomic mass is 32.1. The van der Waals surface area contributed by atoms with Crippen LogP contribution in [0.15, 0.2) is 5.38 Å². The zero-order valence-electron chi connectivity index (χ0n) is 10.7. The first-order valence-electron chi connectivity index (χ1n) is 6.22. The average molecular weight is 238 g/mol. The predicted molar refractivity (Wildman–Crippen MR) is 69.8 cm³/mol. The molecule has 0 amide bonds. The molecule has 2 nitrogen and oxygen atoms in total. The first-order chi connectivity index (χ1) is 7.52. The summed E-state index contributed by atoms with van der Waals surface area (Å²) in [6.07, 6.45) is 3.79. The van der Waals surface area contributed by atoms with Gasteiger partial charge in [0, 0.05) is 17.1 Å². The summed E-state index contributed by atoms with van der Waals surface area (Å²) in [5.74, 6) is 0.815. The molecule has 1 fully saturated rings. The molecule has 2 unspecified atom stereocenters. The number of nitrogens with one attached hydrogen (secondary N) is 1. The molecule has 1 aliphatic rings. The van der Waals surface area contributed by atoms with E-state index < -0.39 is 0 Å². The fraction of sp³-hybridized carbons (Fsp3) is 0.769. The van der Waals surface area contributed by atoms with Crippen LogP contribution in [0.4, 0.5) is 0 Å². The predicted octanol–water partition coefficient (Wildman–Crippen LogP) is 3.46. The smallest absolute Gasteiger partial charge is 0.113 e. The average Bonchev–Trinajstić information content (AvgIpc) is 2.73. The fourth-order valence-electron chi connectivity index (χ4n) is 2.81. The van der Waals surface area contributed by atoms with E-state index in [9.17, 15) is 0 Å². The zero-order valence-corrected chi connectivity index (χ0v) is 11.5. The van der Waals surface area contributed by atoms with Gasteiger partial charge in [-0.2, -0.15) is 0 Å². The van der Waals surface area contributed by atoms with Gasteiger partial charge in [-0.3, -0.25) is 0 Å². The highest BCUT2D eigenvalue weighted by Gasteiger charge is 2.41. The number of aromatic nitrogens is 1. The van der Waals surface area contributed by atoms with Gasteiger partial charge in [-0.25, -0.2) is 4.98 Å². The van der Waals surface area contributed by atoms with Gasteiger partial charge in [0.05, 0.1) is 5.54 Å². The van der Waals surface area contributed by atoms with Crippen LogP contribution in [0.25, 0.3) is 0 Å². The van der Waals surface area contributed by atoms with E-state index in [1.165, 1.54) is 24.3 Å². The summed E-state index contributed by atoms with van der Waals surface area (Å²) < 4.78 is 0. The van der Waals surface area contributed by atoms with Gasteiger partial charge < -0.3 is 5.32 Å². The standard InChI is InChI=1S/C13H22N2S/c1-9(2)15-13(6-5-10(3)7-13)12-14-11(4)8-16-12/h8-10,15H,5-7H2,1-4H3. The van der Waals surface area contributed by atoms with E-state index in [0.29, 0.717) is 6.04 Å². The molecule has 1 heterocycles. The SMILES string of the molecule is Cc1csc(C2(NC(C)C)CCC(C)C2)n1. The molecule has 1 saturated carbocycles. The number of aryl methyl sites for hydroxylation is 1. The van der Waals surface area contributed by atoms with Crippen molar-refractivity contribution < 1.29 is 0 Å². The Labute approximate surface area is 102 Å². The van der Waals surface area contributed by atoms with Gasteiger partial charge in [-0.1, -0.05) is 6.92 Å². The number of hydrogen-bond acceptors (Lipinski definition) is 3. The van der Waals surface area contributed by atoms with Crippen molar-refractivity contribution in [3.8, 4) is 0 Å². The molecule has 0 aliphatic heterocycles. The number of nitrogens with zero attached hydrogens (tertiary/aromatic N) is 1. The summed E-state index contributed by atoms with van der Waals surface area (Å²) in [5.41, 5.74) is 1.32. The quantitative estimate of drug-likeness (QED) is 0.872. The summed E-state index contributed by atoms with van der Waals surface area (Å²) in [5, 5.41) is 7.23. The zero-order chi connectivity index (χ0) is 11.8. The Hall–Kier alpha value is -0.410. The fourth-order valence-corrected chi connectivity index (χ4v) is 3.81. The molecule has 0 aromatic carbocycles.